The molecule has 7 heteroatoms. The Morgan fingerprint density at radius 2 is 2.10 bits per heavy atom. The molecule has 3 rings (SSSR count). The van der Waals surface area contributed by atoms with Crippen molar-refractivity contribution in [2.75, 3.05) is 12.8 Å². The van der Waals surface area contributed by atoms with Crippen LogP contribution in [0.1, 0.15) is 5.76 Å². The molecule has 0 saturated heterocycles. The van der Waals surface area contributed by atoms with Gasteiger partial charge < -0.3 is 19.5 Å². The number of aromatic nitrogens is 3. The lowest BCUT2D eigenvalue weighted by Gasteiger charge is -1.94. The standard InChI is InChI=1S/C13H12N4O3/c1-18-7-10-6-11(16-19-10)13-15-12(17-20-13)8-3-2-4-9(14)5-8/h2-6H,7,14H2,1H3. The van der Waals surface area contributed by atoms with Crippen LogP contribution in [0.5, 0.6) is 0 Å². The van der Waals surface area contributed by atoms with Gasteiger partial charge in [0.1, 0.15) is 6.61 Å². The molecule has 0 aliphatic heterocycles. The summed E-state index contributed by atoms with van der Waals surface area (Å²) in [5.41, 5.74) is 7.61. The Labute approximate surface area is 114 Å². The summed E-state index contributed by atoms with van der Waals surface area (Å²) in [5, 5.41) is 7.76. The van der Waals surface area contributed by atoms with E-state index in [1.165, 1.54) is 0 Å². The maximum atomic E-state index is 5.72. The molecule has 0 bridgehead atoms. The van der Waals surface area contributed by atoms with Gasteiger partial charge in [0.15, 0.2) is 11.5 Å². The molecule has 102 valence electrons. The molecule has 0 amide bonds. The van der Waals surface area contributed by atoms with Gasteiger partial charge in [-0.15, -0.1) is 0 Å². The first-order valence-corrected chi connectivity index (χ1v) is 5.91. The molecular weight excluding hydrogens is 260 g/mol. The van der Waals surface area contributed by atoms with Crippen LogP contribution in [0.25, 0.3) is 23.0 Å². The van der Waals surface area contributed by atoms with Crippen LogP contribution in [0.3, 0.4) is 0 Å². The third-order valence-electron chi connectivity index (χ3n) is 2.64. The van der Waals surface area contributed by atoms with E-state index in [9.17, 15) is 0 Å². The number of hydrogen-bond donors (Lipinski definition) is 1. The van der Waals surface area contributed by atoms with Crippen LogP contribution < -0.4 is 5.73 Å². The maximum Gasteiger partial charge on any atom is 0.280 e. The minimum atomic E-state index is 0.286. The van der Waals surface area contributed by atoms with Crippen LogP contribution in [0, 0.1) is 0 Å². The monoisotopic (exact) mass is 272 g/mol. The quantitative estimate of drug-likeness (QED) is 0.726. The molecule has 0 saturated carbocycles. The summed E-state index contributed by atoms with van der Waals surface area (Å²) < 4.78 is 15.2. The van der Waals surface area contributed by atoms with Gasteiger partial charge in [-0.3, -0.25) is 0 Å². The highest BCUT2D eigenvalue weighted by molar-refractivity contribution is 5.62. The third kappa shape index (κ3) is 2.39. The molecule has 1 aromatic carbocycles. The van der Waals surface area contributed by atoms with Gasteiger partial charge in [-0.1, -0.05) is 22.4 Å². The zero-order valence-corrected chi connectivity index (χ0v) is 10.7. The number of nitrogens with zero attached hydrogens (tertiary/aromatic N) is 3. The summed E-state index contributed by atoms with van der Waals surface area (Å²) in [5.74, 6) is 1.32. The topological polar surface area (TPSA) is 100 Å². The van der Waals surface area contributed by atoms with Crippen molar-refractivity contribution in [2.24, 2.45) is 0 Å². The Morgan fingerprint density at radius 3 is 2.90 bits per heavy atom. The lowest BCUT2D eigenvalue weighted by Crippen LogP contribution is -1.86. The number of ether oxygens (including phenoxy) is 1. The molecule has 0 aliphatic rings. The third-order valence-corrected chi connectivity index (χ3v) is 2.64. The molecule has 3 aromatic rings. The van der Waals surface area contributed by atoms with Crippen molar-refractivity contribution in [3.63, 3.8) is 0 Å². The average molecular weight is 272 g/mol. The second-order valence-corrected chi connectivity index (χ2v) is 4.16. The fourth-order valence-corrected chi connectivity index (χ4v) is 1.75. The minimum absolute atomic E-state index is 0.286. The molecule has 0 radical (unpaired) electrons. The summed E-state index contributed by atoms with van der Waals surface area (Å²) in [7, 11) is 1.58. The zero-order chi connectivity index (χ0) is 13.9. The van der Waals surface area contributed by atoms with Crippen molar-refractivity contribution in [3.8, 4) is 23.0 Å². The second kappa shape index (κ2) is 5.14. The minimum Gasteiger partial charge on any atom is -0.399 e. The zero-order valence-electron chi connectivity index (χ0n) is 10.7. The van der Waals surface area contributed by atoms with Crippen molar-refractivity contribution in [1.82, 2.24) is 15.3 Å². The molecule has 2 N–H and O–H groups in total. The van der Waals surface area contributed by atoms with Crippen LogP contribution in [-0.2, 0) is 11.3 Å². The maximum absolute atomic E-state index is 5.72. The number of nitrogens with two attached hydrogens (primary N) is 1. The first-order chi connectivity index (χ1) is 9.76. The molecule has 20 heavy (non-hydrogen) atoms. The molecule has 7 nitrogen and oxygen atoms in total. The predicted molar refractivity (Wildman–Crippen MR) is 70.4 cm³/mol. The van der Waals surface area contributed by atoms with Gasteiger partial charge in [0.25, 0.3) is 5.89 Å². The van der Waals surface area contributed by atoms with Gasteiger partial charge >= 0.3 is 0 Å². The molecule has 0 aliphatic carbocycles. The molecule has 0 spiro atoms. The van der Waals surface area contributed by atoms with E-state index >= 15 is 0 Å². The number of nitrogen functional groups attached to an aromatic ring is 1. The van der Waals surface area contributed by atoms with E-state index < -0.39 is 0 Å². The first kappa shape index (κ1) is 12.4. The summed E-state index contributed by atoms with van der Waals surface area (Å²) in [6.45, 7) is 0.337. The first-order valence-electron chi connectivity index (χ1n) is 5.91. The largest absolute Gasteiger partial charge is 0.399 e. The van der Waals surface area contributed by atoms with E-state index in [1.54, 1.807) is 25.3 Å². The highest BCUT2D eigenvalue weighted by Gasteiger charge is 2.15. The van der Waals surface area contributed by atoms with E-state index in [1.807, 2.05) is 12.1 Å². The smallest absolute Gasteiger partial charge is 0.280 e. The summed E-state index contributed by atoms with van der Waals surface area (Å²) >= 11 is 0. The Kier molecular flexibility index (Phi) is 3.18. The number of methoxy groups -OCH3 is 1. The van der Waals surface area contributed by atoms with Crippen molar-refractivity contribution < 1.29 is 13.8 Å². The highest BCUT2D eigenvalue weighted by atomic mass is 16.5. The highest BCUT2D eigenvalue weighted by Crippen LogP contribution is 2.23. The normalized spacial score (nSPS) is 10.8. The summed E-state index contributed by atoms with van der Waals surface area (Å²) in [6, 6.07) is 8.94. The second-order valence-electron chi connectivity index (χ2n) is 4.16. The number of benzene rings is 1. The van der Waals surface area contributed by atoms with E-state index in [2.05, 4.69) is 15.3 Å². The molecule has 2 aromatic heterocycles. The van der Waals surface area contributed by atoms with Gasteiger partial charge in [0.2, 0.25) is 5.82 Å². The SMILES string of the molecule is COCc1cc(-c2nc(-c3cccc(N)c3)no2)no1. The Bertz CT molecular complexity index is 720. The van der Waals surface area contributed by atoms with Crippen LogP contribution in [0.15, 0.2) is 39.4 Å². The van der Waals surface area contributed by atoms with Crippen molar-refractivity contribution >= 4 is 5.69 Å². The van der Waals surface area contributed by atoms with Crippen molar-refractivity contribution in [1.29, 1.82) is 0 Å². The van der Waals surface area contributed by atoms with Gasteiger partial charge in [-0.05, 0) is 12.1 Å². The van der Waals surface area contributed by atoms with Crippen LogP contribution in [-0.4, -0.2) is 22.4 Å². The number of rotatable bonds is 4. The number of hydrogen-bond acceptors (Lipinski definition) is 7. The van der Waals surface area contributed by atoms with Gasteiger partial charge in [0.05, 0.1) is 0 Å². The summed E-state index contributed by atoms with van der Waals surface area (Å²) in [6.07, 6.45) is 0. The van der Waals surface area contributed by atoms with E-state index in [-0.39, 0.29) is 5.89 Å². The van der Waals surface area contributed by atoms with Gasteiger partial charge in [0, 0.05) is 24.4 Å². The average Bonchev–Trinajstić information content (AvgIpc) is 3.07. The van der Waals surface area contributed by atoms with Gasteiger partial charge in [-0.25, -0.2) is 0 Å². The van der Waals surface area contributed by atoms with Crippen molar-refractivity contribution in [2.45, 2.75) is 6.61 Å². The van der Waals surface area contributed by atoms with Crippen LogP contribution >= 0.6 is 0 Å². The molecule has 0 atom stereocenters. The molecular formula is C13H12N4O3. The fourth-order valence-electron chi connectivity index (χ4n) is 1.75. The Morgan fingerprint density at radius 1 is 1.20 bits per heavy atom. The van der Waals surface area contributed by atoms with Crippen molar-refractivity contribution in [3.05, 3.63) is 36.1 Å². The fraction of sp³-hybridized carbons (Fsp3) is 0.154. The molecule has 0 fully saturated rings. The summed E-state index contributed by atoms with van der Waals surface area (Å²) in [4.78, 5) is 4.27. The number of anilines is 1. The molecule has 2 heterocycles. The molecule has 0 unspecified atom stereocenters. The Balaban J connectivity index is 1.89. The lowest BCUT2D eigenvalue weighted by molar-refractivity contribution is 0.156. The van der Waals surface area contributed by atoms with Crippen LogP contribution in [0.2, 0.25) is 0 Å². The van der Waals surface area contributed by atoms with E-state index in [0.29, 0.717) is 29.6 Å². The Hall–Kier alpha value is -2.67. The van der Waals surface area contributed by atoms with Gasteiger partial charge in [-0.2, -0.15) is 4.98 Å². The van der Waals surface area contributed by atoms with E-state index in [0.717, 1.165) is 5.56 Å². The lowest BCUT2D eigenvalue weighted by atomic mass is 10.2. The van der Waals surface area contributed by atoms with Crippen LogP contribution in [0.4, 0.5) is 5.69 Å². The predicted octanol–water partition coefficient (Wildman–Crippen LogP) is 2.12. The van der Waals surface area contributed by atoms with E-state index in [4.69, 9.17) is 19.5 Å².